The average Bonchev–Trinajstić information content (AvgIpc) is 3.55. The Kier molecular flexibility index (Phi) is 5.06. The van der Waals surface area contributed by atoms with Crippen molar-refractivity contribution < 1.29 is 13.9 Å². The van der Waals surface area contributed by atoms with E-state index < -0.39 is 0 Å². The molecule has 1 aromatic heterocycles. The summed E-state index contributed by atoms with van der Waals surface area (Å²) in [6.45, 7) is 1.88. The van der Waals surface area contributed by atoms with Crippen molar-refractivity contribution in [2.24, 2.45) is 0 Å². The molecule has 1 aliphatic rings. The fourth-order valence-electron chi connectivity index (χ4n) is 3.33. The Morgan fingerprint density at radius 1 is 1.07 bits per heavy atom. The number of carbonyl (C=O) groups is 1. The molecule has 1 atom stereocenters. The predicted molar refractivity (Wildman–Crippen MR) is 105 cm³/mol. The van der Waals surface area contributed by atoms with Gasteiger partial charge >= 0.3 is 0 Å². The molecule has 0 saturated heterocycles. The van der Waals surface area contributed by atoms with E-state index in [-0.39, 0.29) is 23.8 Å². The molecule has 3 aromatic rings. The Balaban J connectivity index is 1.54. The zero-order chi connectivity index (χ0) is 19.5. The number of hydrogen-bond acceptors (Lipinski definition) is 3. The largest absolute Gasteiger partial charge is 0.456 e. The third-order valence-corrected chi connectivity index (χ3v) is 4.92. The molecule has 0 aliphatic heterocycles. The van der Waals surface area contributed by atoms with Crippen molar-refractivity contribution in [3.05, 3.63) is 90.0 Å². The highest BCUT2D eigenvalue weighted by Gasteiger charge is 2.37. The molecule has 0 spiro atoms. The van der Waals surface area contributed by atoms with Gasteiger partial charge in [0.05, 0.1) is 12.2 Å². The number of aromatic nitrogens is 1. The van der Waals surface area contributed by atoms with E-state index in [1.807, 2.05) is 13.0 Å². The van der Waals surface area contributed by atoms with Gasteiger partial charge in [-0.05, 0) is 62.2 Å². The maximum absolute atomic E-state index is 14.3. The summed E-state index contributed by atoms with van der Waals surface area (Å²) in [5.74, 6) is 0.888. The summed E-state index contributed by atoms with van der Waals surface area (Å²) in [4.78, 5) is 19.0. The molecule has 1 fully saturated rings. The number of benzene rings is 2. The lowest BCUT2D eigenvalue weighted by Crippen LogP contribution is -2.36. The number of pyridine rings is 1. The molecule has 1 aliphatic carbocycles. The van der Waals surface area contributed by atoms with Crippen LogP contribution in [0.25, 0.3) is 0 Å². The van der Waals surface area contributed by atoms with Crippen LogP contribution in [0.5, 0.6) is 11.5 Å². The van der Waals surface area contributed by atoms with Crippen molar-refractivity contribution in [3.8, 4) is 11.5 Å². The van der Waals surface area contributed by atoms with Gasteiger partial charge in [-0.3, -0.25) is 9.78 Å². The Labute approximate surface area is 163 Å². The third kappa shape index (κ3) is 3.88. The first kappa shape index (κ1) is 18.2. The van der Waals surface area contributed by atoms with E-state index in [0.717, 1.165) is 12.8 Å². The average molecular weight is 376 g/mol. The van der Waals surface area contributed by atoms with Gasteiger partial charge in [-0.2, -0.15) is 0 Å². The van der Waals surface area contributed by atoms with Crippen molar-refractivity contribution in [3.63, 3.8) is 0 Å². The standard InChI is InChI=1S/C23H21FN2O2/c1-16(21-6-2-3-7-22(21)24)26(18-10-11-18)23(27)17-8-12-19(13-9-17)28-20-5-4-14-25-15-20/h2-9,12-16,18H,10-11H2,1H3. The van der Waals surface area contributed by atoms with Crippen LogP contribution in [0.4, 0.5) is 4.39 Å². The van der Waals surface area contributed by atoms with Crippen molar-refractivity contribution in [1.29, 1.82) is 0 Å². The minimum atomic E-state index is -0.326. The van der Waals surface area contributed by atoms with Gasteiger partial charge in [0, 0.05) is 23.4 Å². The van der Waals surface area contributed by atoms with Crippen LogP contribution in [0.1, 0.15) is 41.7 Å². The number of halogens is 1. The van der Waals surface area contributed by atoms with Gasteiger partial charge in [-0.1, -0.05) is 18.2 Å². The summed E-state index contributed by atoms with van der Waals surface area (Å²) in [5.41, 5.74) is 1.10. The summed E-state index contributed by atoms with van der Waals surface area (Å²) < 4.78 is 20.0. The van der Waals surface area contributed by atoms with Gasteiger partial charge in [0.2, 0.25) is 0 Å². The molecule has 28 heavy (non-hydrogen) atoms. The molecular formula is C23H21FN2O2. The third-order valence-electron chi connectivity index (χ3n) is 4.92. The predicted octanol–water partition coefficient (Wildman–Crippen LogP) is 5.38. The molecule has 0 radical (unpaired) electrons. The summed E-state index contributed by atoms with van der Waals surface area (Å²) in [5, 5.41) is 0. The zero-order valence-electron chi connectivity index (χ0n) is 15.6. The molecular weight excluding hydrogens is 355 g/mol. The van der Waals surface area contributed by atoms with Crippen LogP contribution >= 0.6 is 0 Å². The van der Waals surface area contributed by atoms with Crippen molar-refractivity contribution in [2.45, 2.75) is 31.8 Å². The lowest BCUT2D eigenvalue weighted by Gasteiger charge is -2.30. The monoisotopic (exact) mass is 376 g/mol. The lowest BCUT2D eigenvalue weighted by atomic mass is 10.0. The Hall–Kier alpha value is -3.21. The highest BCUT2D eigenvalue weighted by Crippen LogP contribution is 2.36. The van der Waals surface area contributed by atoms with Gasteiger partial charge in [-0.25, -0.2) is 4.39 Å². The number of nitrogens with zero attached hydrogens (tertiary/aromatic N) is 2. The Bertz CT molecular complexity index is 956. The summed E-state index contributed by atoms with van der Waals surface area (Å²) >= 11 is 0. The molecule has 2 aromatic carbocycles. The molecule has 1 amide bonds. The number of amides is 1. The number of rotatable bonds is 6. The number of ether oxygens (including phenoxy) is 1. The second-order valence-corrected chi connectivity index (χ2v) is 6.96. The van der Waals surface area contributed by atoms with E-state index in [0.29, 0.717) is 22.6 Å². The van der Waals surface area contributed by atoms with Crippen molar-refractivity contribution in [1.82, 2.24) is 9.88 Å². The summed E-state index contributed by atoms with van der Waals surface area (Å²) in [6.07, 6.45) is 5.21. The highest BCUT2D eigenvalue weighted by molar-refractivity contribution is 5.95. The van der Waals surface area contributed by atoms with E-state index in [9.17, 15) is 9.18 Å². The maximum atomic E-state index is 14.3. The SMILES string of the molecule is CC(c1ccccc1F)N(C(=O)c1ccc(Oc2cccnc2)cc1)C1CC1. The van der Waals surface area contributed by atoms with Crippen LogP contribution in [0.2, 0.25) is 0 Å². The summed E-state index contributed by atoms with van der Waals surface area (Å²) in [7, 11) is 0. The van der Waals surface area contributed by atoms with Crippen LogP contribution in [0.15, 0.2) is 73.1 Å². The van der Waals surface area contributed by atoms with Crippen LogP contribution in [-0.4, -0.2) is 21.8 Å². The number of carbonyl (C=O) groups excluding carboxylic acids is 1. The van der Waals surface area contributed by atoms with Crippen LogP contribution < -0.4 is 4.74 Å². The van der Waals surface area contributed by atoms with Gasteiger partial charge in [-0.15, -0.1) is 0 Å². The van der Waals surface area contributed by atoms with Gasteiger partial charge in [0.1, 0.15) is 17.3 Å². The quantitative estimate of drug-likeness (QED) is 0.580. The summed E-state index contributed by atoms with van der Waals surface area (Å²) in [6, 6.07) is 17.1. The highest BCUT2D eigenvalue weighted by atomic mass is 19.1. The molecule has 1 saturated carbocycles. The van der Waals surface area contributed by atoms with E-state index in [4.69, 9.17) is 4.74 Å². The first-order valence-corrected chi connectivity index (χ1v) is 9.38. The molecule has 4 nitrogen and oxygen atoms in total. The van der Waals surface area contributed by atoms with E-state index >= 15 is 0 Å². The molecule has 0 bridgehead atoms. The van der Waals surface area contributed by atoms with Gasteiger partial charge in [0.25, 0.3) is 5.91 Å². The normalized spacial score (nSPS) is 14.4. The molecule has 142 valence electrons. The van der Waals surface area contributed by atoms with Gasteiger partial charge < -0.3 is 9.64 Å². The van der Waals surface area contributed by atoms with E-state index in [1.54, 1.807) is 65.8 Å². The molecule has 5 heteroatoms. The fraction of sp³-hybridized carbons (Fsp3) is 0.217. The van der Waals surface area contributed by atoms with Gasteiger partial charge in [0.15, 0.2) is 0 Å². The number of hydrogen-bond donors (Lipinski definition) is 0. The Morgan fingerprint density at radius 3 is 2.46 bits per heavy atom. The van der Waals surface area contributed by atoms with Crippen LogP contribution in [-0.2, 0) is 0 Å². The molecule has 1 heterocycles. The van der Waals surface area contributed by atoms with Crippen LogP contribution in [0.3, 0.4) is 0 Å². The topological polar surface area (TPSA) is 42.4 Å². The maximum Gasteiger partial charge on any atom is 0.254 e. The second kappa shape index (κ2) is 7.80. The minimum Gasteiger partial charge on any atom is -0.456 e. The van der Waals surface area contributed by atoms with E-state index in [2.05, 4.69) is 4.98 Å². The van der Waals surface area contributed by atoms with Crippen LogP contribution in [0, 0.1) is 5.82 Å². The minimum absolute atomic E-state index is 0.0915. The lowest BCUT2D eigenvalue weighted by molar-refractivity contribution is 0.0671. The Morgan fingerprint density at radius 2 is 1.82 bits per heavy atom. The molecule has 1 unspecified atom stereocenters. The second-order valence-electron chi connectivity index (χ2n) is 6.96. The van der Waals surface area contributed by atoms with Crippen molar-refractivity contribution in [2.75, 3.05) is 0 Å². The fourth-order valence-corrected chi connectivity index (χ4v) is 3.33. The molecule has 0 N–H and O–H groups in total. The first-order chi connectivity index (χ1) is 13.6. The van der Waals surface area contributed by atoms with E-state index in [1.165, 1.54) is 6.07 Å². The first-order valence-electron chi connectivity index (χ1n) is 9.38. The zero-order valence-corrected chi connectivity index (χ0v) is 15.6. The smallest absolute Gasteiger partial charge is 0.254 e. The van der Waals surface area contributed by atoms with Crippen molar-refractivity contribution >= 4 is 5.91 Å². The molecule has 4 rings (SSSR count).